The van der Waals surface area contributed by atoms with Crippen LogP contribution < -0.4 is 5.32 Å². The first-order valence-corrected chi connectivity index (χ1v) is 12.3. The lowest BCUT2D eigenvalue weighted by molar-refractivity contribution is -0.0493. The average molecular weight is 386 g/mol. The van der Waals surface area contributed by atoms with Crippen molar-refractivity contribution >= 4 is 0 Å². The molecule has 0 aliphatic heterocycles. The van der Waals surface area contributed by atoms with Crippen LogP contribution in [0.4, 0.5) is 0 Å². The van der Waals surface area contributed by atoms with Crippen LogP contribution >= 0.6 is 0 Å². The molecule has 3 heteroatoms. The molecule has 2 unspecified atom stereocenters. The molecule has 0 aromatic rings. The number of ether oxygens (including phenoxy) is 2. The van der Waals surface area contributed by atoms with Crippen molar-refractivity contribution in [2.75, 3.05) is 13.2 Å². The van der Waals surface area contributed by atoms with E-state index < -0.39 is 0 Å². The Morgan fingerprint density at radius 3 is 1.15 bits per heavy atom. The van der Waals surface area contributed by atoms with Gasteiger partial charge in [-0.1, -0.05) is 105 Å². The molecule has 0 aromatic carbocycles. The molecule has 0 amide bonds. The van der Waals surface area contributed by atoms with E-state index >= 15 is 0 Å². The molecule has 0 heterocycles. The van der Waals surface area contributed by atoms with Gasteiger partial charge in [-0.2, -0.15) is 0 Å². The predicted molar refractivity (Wildman–Crippen MR) is 119 cm³/mol. The van der Waals surface area contributed by atoms with Gasteiger partial charge in [0.05, 0.1) is 0 Å². The zero-order valence-electron chi connectivity index (χ0n) is 19.2. The predicted octanol–water partition coefficient (Wildman–Crippen LogP) is 7.58. The van der Waals surface area contributed by atoms with Crippen molar-refractivity contribution in [1.82, 2.24) is 5.32 Å². The highest BCUT2D eigenvalue weighted by molar-refractivity contribution is 4.59. The summed E-state index contributed by atoms with van der Waals surface area (Å²) < 4.78 is 12.1. The minimum absolute atomic E-state index is 0.129. The van der Waals surface area contributed by atoms with E-state index in [0.29, 0.717) is 0 Å². The van der Waals surface area contributed by atoms with E-state index in [9.17, 15) is 0 Å². The van der Waals surface area contributed by atoms with Crippen molar-refractivity contribution in [2.24, 2.45) is 0 Å². The lowest BCUT2D eigenvalue weighted by Gasteiger charge is -2.25. The fourth-order valence-corrected chi connectivity index (χ4v) is 3.34. The number of hydrogen-bond donors (Lipinski definition) is 1. The molecular formula is C24H51NO2. The Morgan fingerprint density at radius 2 is 0.815 bits per heavy atom. The highest BCUT2D eigenvalue weighted by Gasteiger charge is 2.13. The van der Waals surface area contributed by atoms with Gasteiger partial charge in [0.1, 0.15) is 12.5 Å². The summed E-state index contributed by atoms with van der Waals surface area (Å²) in [6.45, 7) is 10.7. The first-order chi connectivity index (χ1) is 13.3. The third-order valence-corrected chi connectivity index (χ3v) is 5.25. The van der Waals surface area contributed by atoms with Crippen molar-refractivity contribution in [3.8, 4) is 0 Å². The minimum Gasteiger partial charge on any atom is -0.363 e. The Morgan fingerprint density at radius 1 is 0.481 bits per heavy atom. The molecule has 0 saturated heterocycles. The zero-order valence-corrected chi connectivity index (χ0v) is 19.2. The van der Waals surface area contributed by atoms with Gasteiger partial charge in [0, 0.05) is 13.2 Å². The van der Waals surface area contributed by atoms with E-state index in [0.717, 1.165) is 26.1 Å². The molecule has 1 N–H and O–H groups in total. The molecule has 0 aromatic heterocycles. The van der Waals surface area contributed by atoms with Crippen LogP contribution in [0.1, 0.15) is 130 Å². The maximum atomic E-state index is 6.04. The topological polar surface area (TPSA) is 30.5 Å². The Hall–Kier alpha value is -0.120. The van der Waals surface area contributed by atoms with Gasteiger partial charge in [0.25, 0.3) is 0 Å². The zero-order chi connectivity index (χ0) is 20.0. The molecule has 3 nitrogen and oxygen atoms in total. The van der Waals surface area contributed by atoms with Crippen molar-refractivity contribution in [1.29, 1.82) is 0 Å². The van der Waals surface area contributed by atoms with Crippen LogP contribution in [0.25, 0.3) is 0 Å². The SMILES string of the molecule is CCCCCCCCCOC(CC)NC(CC)OCCCCCCCCC. The maximum absolute atomic E-state index is 6.04. The molecule has 0 fully saturated rings. The Bertz CT molecular complexity index is 247. The second-order valence-corrected chi connectivity index (χ2v) is 7.94. The molecule has 2 atom stereocenters. The van der Waals surface area contributed by atoms with E-state index in [-0.39, 0.29) is 12.5 Å². The molecule has 0 spiro atoms. The Kier molecular flexibility index (Phi) is 22.1. The maximum Gasteiger partial charge on any atom is 0.109 e. The molecule has 164 valence electrons. The summed E-state index contributed by atoms with van der Waals surface area (Å²) in [5.74, 6) is 0. The van der Waals surface area contributed by atoms with Crippen LogP contribution in [0, 0.1) is 0 Å². The van der Waals surface area contributed by atoms with E-state index in [1.54, 1.807) is 0 Å². The van der Waals surface area contributed by atoms with Crippen LogP contribution in [-0.4, -0.2) is 25.7 Å². The molecule has 0 rings (SSSR count). The summed E-state index contributed by atoms with van der Waals surface area (Å²) in [6, 6.07) is 0. The van der Waals surface area contributed by atoms with Crippen LogP contribution in [0.2, 0.25) is 0 Å². The highest BCUT2D eigenvalue weighted by Crippen LogP contribution is 2.10. The molecule has 0 radical (unpaired) electrons. The summed E-state index contributed by atoms with van der Waals surface area (Å²) in [4.78, 5) is 0. The summed E-state index contributed by atoms with van der Waals surface area (Å²) in [5.41, 5.74) is 0. The fourth-order valence-electron chi connectivity index (χ4n) is 3.34. The largest absolute Gasteiger partial charge is 0.363 e. The van der Waals surface area contributed by atoms with Gasteiger partial charge >= 0.3 is 0 Å². The first-order valence-electron chi connectivity index (χ1n) is 12.3. The minimum atomic E-state index is 0.129. The van der Waals surface area contributed by atoms with Crippen molar-refractivity contribution in [3.05, 3.63) is 0 Å². The van der Waals surface area contributed by atoms with Gasteiger partial charge < -0.3 is 9.47 Å². The smallest absolute Gasteiger partial charge is 0.109 e. The third kappa shape index (κ3) is 19.0. The Labute approximate surface area is 171 Å². The van der Waals surface area contributed by atoms with Gasteiger partial charge in [-0.15, -0.1) is 0 Å². The van der Waals surface area contributed by atoms with E-state index in [1.807, 2.05) is 0 Å². The second kappa shape index (κ2) is 22.2. The van der Waals surface area contributed by atoms with Crippen LogP contribution in [-0.2, 0) is 9.47 Å². The summed E-state index contributed by atoms with van der Waals surface area (Å²) >= 11 is 0. The number of unbranched alkanes of at least 4 members (excludes halogenated alkanes) is 12. The summed E-state index contributed by atoms with van der Waals surface area (Å²) in [6.07, 6.45) is 20.9. The number of nitrogens with one attached hydrogen (secondary N) is 1. The summed E-state index contributed by atoms with van der Waals surface area (Å²) in [7, 11) is 0. The van der Waals surface area contributed by atoms with Gasteiger partial charge in [-0.25, -0.2) is 0 Å². The highest BCUT2D eigenvalue weighted by atomic mass is 16.5. The average Bonchev–Trinajstić information content (AvgIpc) is 2.69. The standard InChI is InChI=1S/C24H51NO2/c1-5-9-11-13-15-17-19-21-26-23(7-3)25-24(8-4)27-22-20-18-16-14-12-10-6-2/h23-25H,5-22H2,1-4H3. The van der Waals surface area contributed by atoms with E-state index in [4.69, 9.17) is 9.47 Å². The van der Waals surface area contributed by atoms with Crippen molar-refractivity contribution < 1.29 is 9.47 Å². The van der Waals surface area contributed by atoms with Gasteiger partial charge in [0.15, 0.2) is 0 Å². The van der Waals surface area contributed by atoms with E-state index in [1.165, 1.54) is 89.9 Å². The fraction of sp³-hybridized carbons (Fsp3) is 1.00. The monoisotopic (exact) mass is 385 g/mol. The Balaban J connectivity index is 3.64. The molecule has 0 bridgehead atoms. The molecule has 27 heavy (non-hydrogen) atoms. The van der Waals surface area contributed by atoms with E-state index in [2.05, 4.69) is 33.0 Å². The number of hydrogen-bond acceptors (Lipinski definition) is 3. The quantitative estimate of drug-likeness (QED) is 0.154. The normalized spacial score (nSPS) is 13.8. The second-order valence-electron chi connectivity index (χ2n) is 7.94. The molecule has 0 saturated carbocycles. The van der Waals surface area contributed by atoms with Gasteiger partial charge in [0.2, 0.25) is 0 Å². The first kappa shape index (κ1) is 26.9. The molecule has 0 aliphatic rings. The summed E-state index contributed by atoms with van der Waals surface area (Å²) in [5, 5.41) is 3.55. The van der Waals surface area contributed by atoms with Crippen LogP contribution in [0.3, 0.4) is 0 Å². The number of rotatable bonds is 22. The van der Waals surface area contributed by atoms with Crippen molar-refractivity contribution in [2.45, 2.75) is 143 Å². The van der Waals surface area contributed by atoms with Crippen LogP contribution in [0.15, 0.2) is 0 Å². The lowest BCUT2D eigenvalue weighted by atomic mass is 10.1. The third-order valence-electron chi connectivity index (χ3n) is 5.25. The molecule has 0 aliphatic carbocycles. The molecular weight excluding hydrogens is 334 g/mol. The van der Waals surface area contributed by atoms with Crippen LogP contribution in [0.5, 0.6) is 0 Å². The van der Waals surface area contributed by atoms with Gasteiger partial charge in [-0.3, -0.25) is 5.32 Å². The van der Waals surface area contributed by atoms with Gasteiger partial charge in [-0.05, 0) is 25.7 Å². The van der Waals surface area contributed by atoms with Crippen molar-refractivity contribution in [3.63, 3.8) is 0 Å². The lowest BCUT2D eigenvalue weighted by Crippen LogP contribution is -2.41.